The van der Waals surface area contributed by atoms with Crippen LogP contribution in [0.4, 0.5) is 0 Å². The quantitative estimate of drug-likeness (QED) is 0.794. The molecule has 20 heavy (non-hydrogen) atoms. The fraction of sp³-hybridized carbons (Fsp3) is 0.133. The largest absolute Gasteiger partial charge is 0.495 e. The second-order valence-electron chi connectivity index (χ2n) is 4.37. The van der Waals surface area contributed by atoms with Gasteiger partial charge in [0.2, 0.25) is 0 Å². The van der Waals surface area contributed by atoms with Crippen molar-refractivity contribution in [3.05, 3.63) is 58.5 Å². The number of methoxy groups -OCH3 is 1. The van der Waals surface area contributed by atoms with E-state index in [2.05, 4.69) is 20.9 Å². The fourth-order valence-electron chi connectivity index (χ4n) is 2.04. The molecule has 2 aromatic heterocycles. The molecule has 3 aromatic rings. The van der Waals surface area contributed by atoms with E-state index < -0.39 is 6.10 Å². The van der Waals surface area contributed by atoms with Crippen molar-refractivity contribution in [2.24, 2.45) is 0 Å². The number of halogens is 1. The number of benzene rings is 1. The monoisotopic (exact) mass is 333 g/mol. The van der Waals surface area contributed by atoms with E-state index in [9.17, 15) is 5.11 Å². The predicted molar refractivity (Wildman–Crippen MR) is 78.8 cm³/mol. The van der Waals surface area contributed by atoms with E-state index in [-0.39, 0.29) is 0 Å². The van der Waals surface area contributed by atoms with Crippen molar-refractivity contribution in [3.8, 4) is 5.75 Å². The van der Waals surface area contributed by atoms with Crippen LogP contribution in [0.2, 0.25) is 0 Å². The average molecular weight is 334 g/mol. The molecule has 1 N–H and O–H groups in total. The molecule has 0 spiro atoms. The topological polar surface area (TPSA) is 55.5 Å². The minimum Gasteiger partial charge on any atom is -0.495 e. The van der Waals surface area contributed by atoms with Gasteiger partial charge in [-0.2, -0.15) is 0 Å². The van der Waals surface area contributed by atoms with Crippen molar-refractivity contribution >= 4 is 26.9 Å². The number of nitrogens with zero attached hydrogens (tertiary/aromatic N) is 1. The van der Waals surface area contributed by atoms with Crippen LogP contribution in [0.15, 0.2) is 51.6 Å². The zero-order valence-corrected chi connectivity index (χ0v) is 12.3. The molecule has 0 aliphatic rings. The minimum absolute atomic E-state index is 0.474. The third-order valence-electron chi connectivity index (χ3n) is 3.07. The van der Waals surface area contributed by atoms with Crippen molar-refractivity contribution in [2.45, 2.75) is 6.10 Å². The Morgan fingerprint density at radius 1 is 1.30 bits per heavy atom. The van der Waals surface area contributed by atoms with Gasteiger partial charge in [0, 0.05) is 17.1 Å². The van der Waals surface area contributed by atoms with Crippen LogP contribution in [0, 0.1) is 0 Å². The Kier molecular flexibility index (Phi) is 3.46. The first kappa shape index (κ1) is 13.1. The Hall–Kier alpha value is -1.85. The summed E-state index contributed by atoms with van der Waals surface area (Å²) in [4.78, 5) is 4.04. The van der Waals surface area contributed by atoms with Crippen molar-refractivity contribution in [1.29, 1.82) is 0 Å². The number of aliphatic hydroxyl groups excluding tert-OH is 1. The number of pyridine rings is 1. The van der Waals surface area contributed by atoms with Crippen LogP contribution in [0.5, 0.6) is 5.75 Å². The first-order valence-corrected chi connectivity index (χ1v) is 6.83. The summed E-state index contributed by atoms with van der Waals surface area (Å²) >= 11 is 3.43. The number of hydrogen-bond acceptors (Lipinski definition) is 4. The van der Waals surface area contributed by atoms with E-state index in [1.807, 2.05) is 24.3 Å². The molecule has 4 nitrogen and oxygen atoms in total. The Balaban J connectivity index is 2.03. The molecule has 5 heteroatoms. The van der Waals surface area contributed by atoms with Crippen LogP contribution in [-0.4, -0.2) is 17.2 Å². The molecule has 0 fully saturated rings. The normalized spacial score (nSPS) is 12.6. The highest BCUT2D eigenvalue weighted by atomic mass is 79.9. The molecule has 1 atom stereocenters. The Labute approximate surface area is 124 Å². The van der Waals surface area contributed by atoms with Crippen LogP contribution < -0.4 is 4.74 Å². The lowest BCUT2D eigenvalue weighted by molar-refractivity contribution is 0.191. The smallest absolute Gasteiger partial charge is 0.148 e. The van der Waals surface area contributed by atoms with E-state index in [0.29, 0.717) is 17.1 Å². The van der Waals surface area contributed by atoms with Crippen LogP contribution in [0.25, 0.3) is 11.0 Å². The van der Waals surface area contributed by atoms with E-state index in [1.165, 1.54) is 0 Å². The molecule has 102 valence electrons. The van der Waals surface area contributed by atoms with Crippen molar-refractivity contribution in [1.82, 2.24) is 4.98 Å². The van der Waals surface area contributed by atoms with Gasteiger partial charge < -0.3 is 14.3 Å². The summed E-state index contributed by atoms with van der Waals surface area (Å²) in [5.74, 6) is 1.07. The summed E-state index contributed by atoms with van der Waals surface area (Å²) in [5.41, 5.74) is 1.34. The Morgan fingerprint density at radius 3 is 2.90 bits per heavy atom. The molecule has 0 aliphatic heterocycles. The number of aliphatic hydroxyl groups is 1. The average Bonchev–Trinajstić information content (AvgIpc) is 2.92. The fourth-order valence-corrected chi connectivity index (χ4v) is 2.51. The number of hydrogen-bond donors (Lipinski definition) is 1. The number of para-hydroxylation sites is 1. The maximum atomic E-state index is 10.4. The van der Waals surface area contributed by atoms with Crippen molar-refractivity contribution in [3.63, 3.8) is 0 Å². The molecule has 3 rings (SSSR count). The summed E-state index contributed by atoms with van der Waals surface area (Å²) in [5, 5.41) is 11.3. The summed E-state index contributed by atoms with van der Waals surface area (Å²) in [6.07, 6.45) is 2.30. The number of rotatable bonds is 3. The lowest BCUT2D eigenvalue weighted by Gasteiger charge is -2.08. The first-order valence-electron chi connectivity index (χ1n) is 6.04. The predicted octanol–water partition coefficient (Wildman–Crippen LogP) is 3.68. The van der Waals surface area contributed by atoms with E-state index >= 15 is 0 Å². The zero-order valence-electron chi connectivity index (χ0n) is 10.7. The lowest BCUT2D eigenvalue weighted by Crippen LogP contribution is -1.99. The maximum absolute atomic E-state index is 10.4. The van der Waals surface area contributed by atoms with Crippen LogP contribution >= 0.6 is 15.9 Å². The van der Waals surface area contributed by atoms with Gasteiger partial charge in [-0.3, -0.25) is 4.98 Å². The van der Waals surface area contributed by atoms with Gasteiger partial charge in [-0.1, -0.05) is 12.1 Å². The number of ether oxygens (including phenoxy) is 1. The second-order valence-corrected chi connectivity index (χ2v) is 5.22. The van der Waals surface area contributed by atoms with Gasteiger partial charge >= 0.3 is 0 Å². The molecule has 1 aromatic carbocycles. The van der Waals surface area contributed by atoms with Crippen molar-refractivity contribution in [2.75, 3.05) is 7.11 Å². The molecule has 0 saturated heterocycles. The highest BCUT2D eigenvalue weighted by molar-refractivity contribution is 9.10. The highest BCUT2D eigenvalue weighted by Crippen LogP contribution is 2.32. The molecule has 0 aliphatic carbocycles. The highest BCUT2D eigenvalue weighted by Gasteiger charge is 2.17. The number of aromatic nitrogens is 1. The van der Waals surface area contributed by atoms with Gasteiger partial charge in [-0.05, 0) is 34.1 Å². The van der Waals surface area contributed by atoms with Gasteiger partial charge in [-0.15, -0.1) is 0 Å². The first-order chi connectivity index (χ1) is 9.69. The number of fused-ring (bicyclic) bond motifs is 1. The van der Waals surface area contributed by atoms with Gasteiger partial charge in [0.15, 0.2) is 0 Å². The van der Waals surface area contributed by atoms with Gasteiger partial charge in [0.25, 0.3) is 0 Å². The minimum atomic E-state index is -0.878. The molecule has 0 radical (unpaired) electrons. The molecule has 2 heterocycles. The number of furan rings is 1. The van der Waals surface area contributed by atoms with E-state index in [0.717, 1.165) is 15.4 Å². The SMILES string of the molecule is COc1cncc(C(O)c2cc3cccc(Br)c3o2)c1. The summed E-state index contributed by atoms with van der Waals surface area (Å²) < 4.78 is 11.7. The second kappa shape index (κ2) is 5.26. The van der Waals surface area contributed by atoms with Crippen LogP contribution in [0.1, 0.15) is 17.4 Å². The third kappa shape index (κ3) is 2.30. The zero-order chi connectivity index (χ0) is 14.1. The van der Waals surface area contributed by atoms with Crippen LogP contribution in [-0.2, 0) is 0 Å². The van der Waals surface area contributed by atoms with E-state index in [1.54, 1.807) is 25.6 Å². The van der Waals surface area contributed by atoms with Crippen molar-refractivity contribution < 1.29 is 14.3 Å². The summed E-state index contributed by atoms with van der Waals surface area (Å²) in [6, 6.07) is 9.31. The van der Waals surface area contributed by atoms with Crippen LogP contribution in [0.3, 0.4) is 0 Å². The Morgan fingerprint density at radius 2 is 2.15 bits per heavy atom. The van der Waals surface area contributed by atoms with E-state index in [4.69, 9.17) is 9.15 Å². The summed E-state index contributed by atoms with van der Waals surface area (Å²) in [7, 11) is 1.56. The maximum Gasteiger partial charge on any atom is 0.148 e. The molecule has 1 unspecified atom stereocenters. The molecular weight excluding hydrogens is 322 g/mol. The van der Waals surface area contributed by atoms with Gasteiger partial charge in [0.05, 0.1) is 17.8 Å². The Bertz CT molecular complexity index is 754. The molecular formula is C15H12BrNO3. The van der Waals surface area contributed by atoms with Gasteiger partial charge in [-0.25, -0.2) is 0 Å². The molecule has 0 bridgehead atoms. The lowest BCUT2D eigenvalue weighted by atomic mass is 10.1. The van der Waals surface area contributed by atoms with Gasteiger partial charge in [0.1, 0.15) is 23.2 Å². The standard InChI is InChI=1S/C15H12BrNO3/c1-19-11-5-10(7-17-8-11)14(18)13-6-9-3-2-4-12(16)15(9)20-13/h2-8,14,18H,1H3. The molecule has 0 saturated carbocycles. The molecule has 0 amide bonds. The summed E-state index contributed by atoms with van der Waals surface area (Å²) in [6.45, 7) is 0. The third-order valence-corrected chi connectivity index (χ3v) is 3.69.